The van der Waals surface area contributed by atoms with Crippen molar-refractivity contribution in [2.75, 3.05) is 0 Å². The Morgan fingerprint density at radius 1 is 1.25 bits per heavy atom. The second-order valence-corrected chi connectivity index (χ2v) is 8.12. The van der Waals surface area contributed by atoms with Crippen molar-refractivity contribution in [3.8, 4) is 0 Å². The molecule has 1 aliphatic carbocycles. The van der Waals surface area contributed by atoms with Gasteiger partial charge in [0.2, 0.25) is 10.0 Å². The van der Waals surface area contributed by atoms with E-state index in [0.717, 1.165) is 38.5 Å². The quantitative estimate of drug-likeness (QED) is 0.851. The van der Waals surface area contributed by atoms with Crippen molar-refractivity contribution in [2.24, 2.45) is 0 Å². The van der Waals surface area contributed by atoms with Gasteiger partial charge in [0.25, 0.3) is 5.56 Å². The summed E-state index contributed by atoms with van der Waals surface area (Å²) in [6, 6.07) is 1.43. The van der Waals surface area contributed by atoms with Crippen molar-refractivity contribution < 1.29 is 8.42 Å². The molecule has 0 aromatic carbocycles. The molecule has 0 spiro atoms. The van der Waals surface area contributed by atoms with E-state index in [4.69, 9.17) is 0 Å². The summed E-state index contributed by atoms with van der Waals surface area (Å²) in [5.41, 5.74) is 0.0598. The molecule has 2 heterocycles. The van der Waals surface area contributed by atoms with Crippen LogP contribution in [-0.4, -0.2) is 28.6 Å². The van der Waals surface area contributed by atoms with E-state index in [2.05, 4.69) is 9.82 Å². The Hall–Kier alpha value is -1.67. The lowest BCUT2D eigenvalue weighted by atomic mass is 10.1. The number of nitrogens with one attached hydrogen (secondary N) is 1. The summed E-state index contributed by atoms with van der Waals surface area (Å²) in [5, 5.41) is 4.19. The van der Waals surface area contributed by atoms with Crippen LogP contribution in [0.1, 0.15) is 51.3 Å². The van der Waals surface area contributed by atoms with E-state index in [-0.39, 0.29) is 16.5 Å². The van der Waals surface area contributed by atoms with Crippen molar-refractivity contribution in [1.29, 1.82) is 0 Å². The Kier molecular flexibility index (Phi) is 4.78. The van der Waals surface area contributed by atoms with Crippen molar-refractivity contribution in [3.05, 3.63) is 28.4 Å². The minimum absolute atomic E-state index is 0.0213. The number of sulfonamides is 1. The second kappa shape index (κ2) is 6.68. The molecule has 0 saturated heterocycles. The molecule has 1 N–H and O–H groups in total. The second-order valence-electron chi connectivity index (χ2n) is 6.41. The number of nitrogens with zero attached hydrogens (tertiary/aromatic N) is 3. The first-order valence-corrected chi connectivity index (χ1v) is 10.0. The van der Waals surface area contributed by atoms with Gasteiger partial charge in [-0.2, -0.15) is 5.10 Å². The van der Waals surface area contributed by atoms with Gasteiger partial charge in [-0.05, 0) is 32.8 Å². The van der Waals surface area contributed by atoms with Gasteiger partial charge in [0.1, 0.15) is 16.2 Å². The van der Waals surface area contributed by atoms with E-state index in [1.807, 2.05) is 6.92 Å². The summed E-state index contributed by atoms with van der Waals surface area (Å²) >= 11 is 0. The van der Waals surface area contributed by atoms with E-state index in [9.17, 15) is 13.2 Å². The van der Waals surface area contributed by atoms with Crippen molar-refractivity contribution in [2.45, 2.75) is 69.9 Å². The predicted molar refractivity (Wildman–Crippen MR) is 91.7 cm³/mol. The summed E-state index contributed by atoms with van der Waals surface area (Å²) in [5.74, 6) is 0.586. The van der Waals surface area contributed by atoms with Gasteiger partial charge in [-0.3, -0.25) is 9.20 Å². The highest BCUT2D eigenvalue weighted by Crippen LogP contribution is 2.20. The Balaban J connectivity index is 1.97. The number of rotatable bonds is 4. The van der Waals surface area contributed by atoms with Gasteiger partial charge in [-0.15, -0.1) is 0 Å². The smallest absolute Gasteiger partial charge is 0.291 e. The number of hydrogen-bond donors (Lipinski definition) is 1. The molecule has 1 saturated carbocycles. The van der Waals surface area contributed by atoms with Crippen LogP contribution in [0.25, 0.3) is 5.52 Å². The minimum atomic E-state index is -3.64. The van der Waals surface area contributed by atoms with Gasteiger partial charge in [0.15, 0.2) is 0 Å². The maximum Gasteiger partial charge on any atom is 0.291 e. The number of aryl methyl sites for hydroxylation is 2. The lowest BCUT2D eigenvalue weighted by Gasteiger charge is -2.15. The minimum Gasteiger partial charge on any atom is -0.298 e. The van der Waals surface area contributed by atoms with Gasteiger partial charge in [-0.1, -0.05) is 25.7 Å². The fourth-order valence-corrected chi connectivity index (χ4v) is 4.64. The number of aromatic nitrogens is 3. The SMILES string of the molecule is CCn1nc(C)n2cc(S(=O)(=O)NC3CCCCCC3)cc2c1=O. The fourth-order valence-electron chi connectivity index (χ4n) is 3.32. The predicted octanol–water partition coefficient (Wildman–Crippen LogP) is 1.83. The fraction of sp³-hybridized carbons (Fsp3) is 0.625. The summed E-state index contributed by atoms with van der Waals surface area (Å²) in [6.45, 7) is 4.04. The number of fused-ring (bicyclic) bond motifs is 1. The van der Waals surface area contributed by atoms with Gasteiger partial charge >= 0.3 is 0 Å². The van der Waals surface area contributed by atoms with Crippen molar-refractivity contribution in [3.63, 3.8) is 0 Å². The van der Waals surface area contributed by atoms with E-state index >= 15 is 0 Å². The van der Waals surface area contributed by atoms with Gasteiger partial charge in [0, 0.05) is 18.8 Å². The molecule has 0 atom stereocenters. The summed E-state index contributed by atoms with van der Waals surface area (Å²) in [7, 11) is -3.64. The van der Waals surface area contributed by atoms with Gasteiger partial charge in [0.05, 0.1) is 0 Å². The van der Waals surface area contributed by atoms with Crippen LogP contribution >= 0.6 is 0 Å². The maximum absolute atomic E-state index is 12.7. The standard InChI is InChI=1S/C16H24N4O3S/c1-3-20-16(21)15-10-14(11-19(15)12(2)17-20)24(22,23)18-13-8-6-4-5-7-9-13/h10-11,13,18H,3-9H2,1-2H3. The third kappa shape index (κ3) is 3.25. The molecule has 8 heteroatoms. The first-order valence-electron chi connectivity index (χ1n) is 8.54. The molecule has 1 aliphatic rings. The maximum atomic E-state index is 12.7. The van der Waals surface area contributed by atoms with Crippen LogP contribution in [-0.2, 0) is 16.6 Å². The van der Waals surface area contributed by atoms with Crippen molar-refractivity contribution >= 4 is 15.5 Å². The monoisotopic (exact) mass is 352 g/mol. The van der Waals surface area contributed by atoms with E-state index in [0.29, 0.717) is 17.9 Å². The van der Waals surface area contributed by atoms with E-state index in [1.165, 1.54) is 16.9 Å². The third-order valence-electron chi connectivity index (χ3n) is 4.65. The lowest BCUT2D eigenvalue weighted by Crippen LogP contribution is -2.34. The Labute approximate surface area is 141 Å². The molecule has 0 radical (unpaired) electrons. The summed E-state index contributed by atoms with van der Waals surface area (Å²) < 4.78 is 31.1. The van der Waals surface area contributed by atoms with Gasteiger partial charge in [-0.25, -0.2) is 17.8 Å². The molecule has 0 aliphatic heterocycles. The van der Waals surface area contributed by atoms with Crippen LogP contribution in [0.4, 0.5) is 0 Å². The topological polar surface area (TPSA) is 85.5 Å². The largest absolute Gasteiger partial charge is 0.298 e. The molecule has 1 fully saturated rings. The van der Waals surface area contributed by atoms with Gasteiger partial charge < -0.3 is 0 Å². The molecule has 24 heavy (non-hydrogen) atoms. The molecule has 3 rings (SSSR count). The van der Waals surface area contributed by atoms with Crippen molar-refractivity contribution in [1.82, 2.24) is 18.9 Å². The molecule has 2 aromatic heterocycles. The Morgan fingerprint density at radius 2 is 1.92 bits per heavy atom. The highest BCUT2D eigenvalue weighted by molar-refractivity contribution is 7.89. The lowest BCUT2D eigenvalue weighted by molar-refractivity contribution is 0.510. The zero-order chi connectivity index (χ0) is 17.3. The van der Waals surface area contributed by atoms with Crippen LogP contribution in [0.3, 0.4) is 0 Å². The zero-order valence-corrected chi connectivity index (χ0v) is 15.0. The molecule has 0 unspecified atom stereocenters. The average molecular weight is 352 g/mol. The van der Waals surface area contributed by atoms with Crippen LogP contribution in [0, 0.1) is 6.92 Å². The van der Waals surface area contributed by atoms with Crippen LogP contribution in [0.15, 0.2) is 22.0 Å². The number of hydrogen-bond acceptors (Lipinski definition) is 4. The Bertz CT molecular complexity index is 890. The summed E-state index contributed by atoms with van der Waals surface area (Å²) in [6.07, 6.45) is 7.65. The molecular weight excluding hydrogens is 328 g/mol. The van der Waals surface area contributed by atoms with Crippen LogP contribution in [0.5, 0.6) is 0 Å². The normalized spacial score (nSPS) is 17.2. The Morgan fingerprint density at radius 3 is 2.54 bits per heavy atom. The zero-order valence-electron chi connectivity index (χ0n) is 14.2. The molecule has 7 nitrogen and oxygen atoms in total. The van der Waals surface area contributed by atoms with Crippen LogP contribution in [0.2, 0.25) is 0 Å². The first kappa shape index (κ1) is 17.2. The molecular formula is C16H24N4O3S. The van der Waals surface area contributed by atoms with E-state index in [1.54, 1.807) is 11.3 Å². The summed E-state index contributed by atoms with van der Waals surface area (Å²) in [4.78, 5) is 12.5. The molecule has 0 amide bonds. The van der Waals surface area contributed by atoms with E-state index < -0.39 is 10.0 Å². The molecule has 132 valence electrons. The first-order chi connectivity index (χ1) is 11.4. The third-order valence-corrected chi connectivity index (χ3v) is 6.14. The molecule has 2 aromatic rings. The highest BCUT2D eigenvalue weighted by Gasteiger charge is 2.23. The average Bonchev–Trinajstić information content (AvgIpc) is 2.87. The van der Waals surface area contributed by atoms with Crippen LogP contribution < -0.4 is 10.3 Å². The highest BCUT2D eigenvalue weighted by atomic mass is 32.2. The molecule has 0 bridgehead atoms.